The number of ether oxygens (including phenoxy) is 1. The Labute approximate surface area is 144 Å². The molecule has 1 aromatic rings. The van der Waals surface area contributed by atoms with Crippen molar-refractivity contribution < 1.29 is 26.3 Å². The maximum Gasteiger partial charge on any atom is 0.573 e. The molecule has 0 aromatic heterocycles. The third-order valence-corrected chi connectivity index (χ3v) is 6.25. The molecule has 0 saturated carbocycles. The van der Waals surface area contributed by atoms with E-state index in [1.54, 1.807) is 0 Å². The monoisotopic (exact) mass is 386 g/mol. The zero-order valence-corrected chi connectivity index (χ0v) is 14.3. The second-order valence-electron chi connectivity index (χ2n) is 6.04. The van der Waals surface area contributed by atoms with Gasteiger partial charge in [0.25, 0.3) is 0 Å². The molecule has 1 atom stereocenters. The molecular weight excluding hydrogens is 369 g/mol. The van der Waals surface area contributed by atoms with E-state index in [4.69, 9.17) is 0 Å². The predicted octanol–water partition coefficient (Wildman–Crippen LogP) is 2.38. The zero-order chi connectivity index (χ0) is 16.7. The highest BCUT2D eigenvalue weighted by Gasteiger charge is 2.44. The van der Waals surface area contributed by atoms with Crippen LogP contribution in [0.25, 0.3) is 0 Å². The van der Waals surface area contributed by atoms with Crippen LogP contribution in [0.2, 0.25) is 0 Å². The largest absolute Gasteiger partial charge is 0.573 e. The highest BCUT2D eigenvalue weighted by Crippen LogP contribution is 2.38. The van der Waals surface area contributed by atoms with Gasteiger partial charge >= 0.3 is 6.36 Å². The average molecular weight is 387 g/mol. The van der Waals surface area contributed by atoms with Crippen molar-refractivity contribution in [3.8, 4) is 5.75 Å². The van der Waals surface area contributed by atoms with Gasteiger partial charge in [-0.25, -0.2) is 8.42 Å². The first kappa shape index (κ1) is 19.3. The van der Waals surface area contributed by atoms with E-state index in [9.17, 15) is 21.6 Å². The molecule has 2 heterocycles. The third kappa shape index (κ3) is 3.96. The van der Waals surface area contributed by atoms with E-state index in [0.717, 1.165) is 38.1 Å². The average Bonchev–Trinajstić information content (AvgIpc) is 3.08. The lowest BCUT2D eigenvalue weighted by molar-refractivity contribution is -0.274. The van der Waals surface area contributed by atoms with E-state index in [-0.39, 0.29) is 22.7 Å². The molecule has 2 aliphatic heterocycles. The highest BCUT2D eigenvalue weighted by atomic mass is 35.5. The van der Waals surface area contributed by atoms with Crippen LogP contribution in [0.4, 0.5) is 13.2 Å². The second kappa shape index (κ2) is 6.70. The SMILES string of the molecule is Cl.O=S(=O)(c1cccc(OC(F)(F)F)c1)N1CCC2(CCNC2)C1. The van der Waals surface area contributed by atoms with Gasteiger partial charge in [-0.15, -0.1) is 25.6 Å². The van der Waals surface area contributed by atoms with Crippen molar-refractivity contribution in [2.45, 2.75) is 24.1 Å². The second-order valence-corrected chi connectivity index (χ2v) is 7.98. The van der Waals surface area contributed by atoms with E-state index in [1.165, 1.54) is 16.4 Å². The molecule has 1 spiro atoms. The van der Waals surface area contributed by atoms with Crippen LogP contribution in [0.5, 0.6) is 5.75 Å². The van der Waals surface area contributed by atoms with Crippen molar-refractivity contribution in [3.05, 3.63) is 24.3 Å². The Kier molecular flexibility index (Phi) is 5.39. The molecule has 2 aliphatic rings. The molecule has 0 aliphatic carbocycles. The number of benzene rings is 1. The Bertz CT molecular complexity index is 691. The number of rotatable bonds is 3. The smallest absolute Gasteiger partial charge is 0.406 e. The minimum atomic E-state index is -4.85. The molecule has 0 bridgehead atoms. The van der Waals surface area contributed by atoms with Crippen molar-refractivity contribution in [2.75, 3.05) is 26.2 Å². The molecule has 1 unspecified atom stereocenters. The molecule has 24 heavy (non-hydrogen) atoms. The van der Waals surface area contributed by atoms with Gasteiger partial charge in [-0.1, -0.05) is 6.07 Å². The van der Waals surface area contributed by atoms with Gasteiger partial charge in [0.2, 0.25) is 10.0 Å². The molecule has 10 heteroatoms. The summed E-state index contributed by atoms with van der Waals surface area (Å²) < 4.78 is 67.3. The van der Waals surface area contributed by atoms with Gasteiger partial charge in [-0.2, -0.15) is 4.31 Å². The lowest BCUT2D eigenvalue weighted by atomic mass is 9.87. The maximum atomic E-state index is 12.7. The summed E-state index contributed by atoms with van der Waals surface area (Å²) in [5.74, 6) is -0.532. The van der Waals surface area contributed by atoms with E-state index in [1.807, 2.05) is 0 Å². The molecule has 1 aromatic carbocycles. The Hall–Kier alpha value is -1.03. The first-order valence-electron chi connectivity index (χ1n) is 7.27. The summed E-state index contributed by atoms with van der Waals surface area (Å²) in [7, 11) is -3.82. The van der Waals surface area contributed by atoms with Crippen LogP contribution in [0.15, 0.2) is 29.2 Å². The van der Waals surface area contributed by atoms with E-state index in [2.05, 4.69) is 10.1 Å². The quantitative estimate of drug-likeness (QED) is 0.866. The van der Waals surface area contributed by atoms with Crippen molar-refractivity contribution in [1.29, 1.82) is 0 Å². The van der Waals surface area contributed by atoms with Crippen LogP contribution >= 0.6 is 12.4 Å². The van der Waals surface area contributed by atoms with Crippen molar-refractivity contribution >= 4 is 22.4 Å². The lowest BCUT2D eigenvalue weighted by Gasteiger charge is -2.22. The van der Waals surface area contributed by atoms with Gasteiger partial charge in [-0.3, -0.25) is 0 Å². The molecule has 3 rings (SSSR count). The molecule has 136 valence electrons. The molecule has 1 N–H and O–H groups in total. The maximum absolute atomic E-state index is 12.7. The molecule has 2 fully saturated rings. The number of alkyl halides is 3. The summed E-state index contributed by atoms with van der Waals surface area (Å²) in [6, 6.07) is 4.53. The lowest BCUT2D eigenvalue weighted by Crippen LogP contribution is -2.33. The summed E-state index contributed by atoms with van der Waals surface area (Å²) in [5, 5.41) is 3.24. The fourth-order valence-corrected chi connectivity index (χ4v) is 4.81. The first-order chi connectivity index (χ1) is 10.7. The van der Waals surface area contributed by atoms with Gasteiger partial charge in [-0.05, 0) is 36.9 Å². The Balaban J connectivity index is 0.00000208. The zero-order valence-electron chi connectivity index (χ0n) is 12.7. The summed E-state index contributed by atoms with van der Waals surface area (Å²) >= 11 is 0. The Morgan fingerprint density at radius 1 is 1.25 bits per heavy atom. The van der Waals surface area contributed by atoms with Gasteiger partial charge in [0.05, 0.1) is 4.90 Å². The van der Waals surface area contributed by atoms with Crippen molar-refractivity contribution in [1.82, 2.24) is 9.62 Å². The minimum absolute atomic E-state index is 0. The Morgan fingerprint density at radius 3 is 2.62 bits per heavy atom. The van der Waals surface area contributed by atoms with Crippen LogP contribution in [-0.4, -0.2) is 45.3 Å². The van der Waals surface area contributed by atoms with Crippen molar-refractivity contribution in [3.63, 3.8) is 0 Å². The normalized spacial score (nSPS) is 25.0. The van der Waals surface area contributed by atoms with Gasteiger partial charge in [0.15, 0.2) is 0 Å². The van der Waals surface area contributed by atoms with Gasteiger partial charge < -0.3 is 10.1 Å². The minimum Gasteiger partial charge on any atom is -0.406 e. The van der Waals surface area contributed by atoms with Gasteiger partial charge in [0, 0.05) is 25.7 Å². The number of nitrogens with one attached hydrogen (secondary N) is 1. The van der Waals surface area contributed by atoms with Crippen LogP contribution in [0.3, 0.4) is 0 Å². The predicted molar refractivity (Wildman–Crippen MR) is 83.7 cm³/mol. The Morgan fingerprint density at radius 2 is 2.00 bits per heavy atom. The van der Waals surface area contributed by atoms with E-state index < -0.39 is 22.1 Å². The summed E-state index contributed by atoms with van der Waals surface area (Å²) in [6.07, 6.45) is -3.18. The first-order valence-corrected chi connectivity index (χ1v) is 8.71. The third-order valence-electron chi connectivity index (χ3n) is 4.41. The molecular formula is C14H18ClF3N2O3S. The number of hydrogen-bond acceptors (Lipinski definition) is 4. The fraction of sp³-hybridized carbons (Fsp3) is 0.571. The topological polar surface area (TPSA) is 58.6 Å². The summed E-state index contributed by atoms with van der Waals surface area (Å²) in [5.41, 5.74) is -0.0485. The highest BCUT2D eigenvalue weighted by molar-refractivity contribution is 7.89. The number of nitrogens with zero attached hydrogens (tertiary/aromatic N) is 1. The number of halogens is 4. The van der Waals surface area contributed by atoms with E-state index in [0.29, 0.717) is 13.1 Å². The van der Waals surface area contributed by atoms with E-state index >= 15 is 0 Å². The van der Waals surface area contributed by atoms with Gasteiger partial charge in [0.1, 0.15) is 5.75 Å². The number of hydrogen-bond donors (Lipinski definition) is 1. The van der Waals surface area contributed by atoms with Crippen LogP contribution < -0.4 is 10.1 Å². The summed E-state index contributed by atoms with van der Waals surface area (Å²) in [6.45, 7) is 2.42. The molecule has 0 radical (unpaired) electrons. The molecule has 2 saturated heterocycles. The summed E-state index contributed by atoms with van der Waals surface area (Å²) in [4.78, 5) is -0.178. The fourth-order valence-electron chi connectivity index (χ4n) is 3.22. The molecule has 5 nitrogen and oxygen atoms in total. The molecule has 0 amide bonds. The van der Waals surface area contributed by atoms with Crippen LogP contribution in [0.1, 0.15) is 12.8 Å². The van der Waals surface area contributed by atoms with Crippen LogP contribution in [0, 0.1) is 5.41 Å². The number of sulfonamides is 1. The van der Waals surface area contributed by atoms with Crippen molar-refractivity contribution in [2.24, 2.45) is 5.41 Å². The standard InChI is InChI=1S/C14H17F3N2O3S.ClH/c15-14(16,17)22-11-2-1-3-12(8-11)23(20,21)19-7-5-13(10-19)4-6-18-9-13;/h1-3,8,18H,4-7,9-10H2;1H. The van der Waals surface area contributed by atoms with Crippen LogP contribution in [-0.2, 0) is 10.0 Å².